The highest BCUT2D eigenvalue weighted by Gasteiger charge is 2.37. The average molecular weight is 404 g/mol. The molecule has 3 aromatic rings. The number of fused-ring (bicyclic) bond motifs is 1. The van der Waals surface area contributed by atoms with Crippen LogP contribution >= 0.6 is 11.3 Å². The first-order chi connectivity index (χ1) is 14.1. The number of amides is 1. The number of allylic oxidation sites excluding steroid dienone is 2. The summed E-state index contributed by atoms with van der Waals surface area (Å²) in [7, 11) is 0. The van der Waals surface area contributed by atoms with Gasteiger partial charge in [0.15, 0.2) is 5.78 Å². The minimum atomic E-state index is -0.282. The zero-order valence-corrected chi connectivity index (χ0v) is 16.8. The van der Waals surface area contributed by atoms with E-state index in [2.05, 4.69) is 15.7 Å². The number of rotatable bonds is 3. The molecule has 2 N–H and O–H groups in total. The average Bonchev–Trinajstić information content (AvgIpc) is 3.38. The Morgan fingerprint density at radius 2 is 2.07 bits per heavy atom. The molecule has 0 saturated heterocycles. The van der Waals surface area contributed by atoms with Gasteiger partial charge in [0.05, 0.1) is 6.20 Å². The smallest absolute Gasteiger partial charge is 0.261 e. The number of carbonyl (C=O) groups excluding carboxylic acids is 2. The third kappa shape index (κ3) is 3.07. The Hall–Kier alpha value is -3.19. The maximum Gasteiger partial charge on any atom is 0.261 e. The van der Waals surface area contributed by atoms with Gasteiger partial charge in [-0.2, -0.15) is 5.10 Å². The number of thiophene rings is 1. The van der Waals surface area contributed by atoms with Crippen molar-refractivity contribution in [3.8, 4) is 0 Å². The molecule has 29 heavy (non-hydrogen) atoms. The number of carbonyl (C=O) groups is 2. The van der Waals surface area contributed by atoms with Crippen LogP contribution in [0, 0.1) is 6.92 Å². The number of Topliss-reactive ketones (excluding diaryl/α,β-unsaturated/α-hetero) is 1. The second kappa shape index (κ2) is 7.00. The summed E-state index contributed by atoms with van der Waals surface area (Å²) in [4.78, 5) is 26.7. The first-order valence-corrected chi connectivity index (χ1v) is 10.5. The summed E-state index contributed by atoms with van der Waals surface area (Å²) in [5.74, 6) is 0.573. The normalized spacial score (nSPS) is 18.1. The predicted octanol–water partition coefficient (Wildman–Crippen LogP) is 4.53. The van der Waals surface area contributed by atoms with E-state index >= 15 is 0 Å². The molecule has 7 heteroatoms. The largest absolute Gasteiger partial charge is 0.343 e. The van der Waals surface area contributed by atoms with Gasteiger partial charge in [-0.3, -0.25) is 9.59 Å². The van der Waals surface area contributed by atoms with Crippen molar-refractivity contribution in [3.63, 3.8) is 0 Å². The maximum absolute atomic E-state index is 13.0. The van der Waals surface area contributed by atoms with Gasteiger partial charge in [0.25, 0.3) is 5.91 Å². The number of hydrogen-bond donors (Lipinski definition) is 2. The van der Waals surface area contributed by atoms with Gasteiger partial charge < -0.3 is 10.6 Å². The number of hydrogen-bond acceptors (Lipinski definition) is 5. The van der Waals surface area contributed by atoms with Crippen molar-refractivity contribution in [1.29, 1.82) is 0 Å². The van der Waals surface area contributed by atoms with E-state index in [9.17, 15) is 9.59 Å². The Labute approximate surface area is 172 Å². The zero-order chi connectivity index (χ0) is 20.0. The van der Waals surface area contributed by atoms with E-state index in [0.717, 1.165) is 40.2 Å². The quantitative estimate of drug-likeness (QED) is 0.673. The van der Waals surface area contributed by atoms with Crippen LogP contribution in [0.3, 0.4) is 0 Å². The lowest BCUT2D eigenvalue weighted by molar-refractivity contribution is -0.116. The third-order valence-corrected chi connectivity index (χ3v) is 6.33. The van der Waals surface area contributed by atoms with Crippen LogP contribution in [0.5, 0.6) is 0 Å². The Morgan fingerprint density at radius 1 is 1.24 bits per heavy atom. The number of nitrogens with zero attached hydrogens (tertiary/aromatic N) is 2. The van der Waals surface area contributed by atoms with Gasteiger partial charge in [-0.1, -0.05) is 23.8 Å². The lowest BCUT2D eigenvalue weighted by Crippen LogP contribution is -2.31. The van der Waals surface area contributed by atoms with Crippen molar-refractivity contribution in [2.75, 3.05) is 10.6 Å². The van der Waals surface area contributed by atoms with Gasteiger partial charge >= 0.3 is 0 Å². The number of ketones is 1. The molecule has 3 heterocycles. The molecule has 1 aromatic carbocycles. The Morgan fingerprint density at radius 3 is 2.83 bits per heavy atom. The standard InChI is InChI=1S/C22H20N4O2S/c1-13-7-9-14(10-8-13)24-22(28)15-12-23-26-20(18-6-3-11-29-18)19-16(25-21(15)26)4-2-5-17(19)27/h3,6-12,20,25H,2,4-5H2,1H3,(H,24,28)/t20-/m0/s1. The van der Waals surface area contributed by atoms with Crippen LogP contribution in [0.1, 0.15) is 46.1 Å². The van der Waals surface area contributed by atoms with E-state index in [4.69, 9.17) is 0 Å². The first-order valence-electron chi connectivity index (χ1n) is 9.64. The fraction of sp³-hybridized carbons (Fsp3) is 0.227. The van der Waals surface area contributed by atoms with Crippen LogP contribution in [0.25, 0.3) is 0 Å². The Balaban J connectivity index is 1.54. The first kappa shape index (κ1) is 17.9. The molecule has 1 aliphatic carbocycles. The van der Waals surface area contributed by atoms with Gasteiger partial charge in [-0.25, -0.2) is 4.68 Å². The number of nitrogens with one attached hydrogen (secondary N) is 2. The molecule has 5 rings (SSSR count). The summed E-state index contributed by atoms with van der Waals surface area (Å²) in [6, 6.07) is 11.4. The Kier molecular flexibility index (Phi) is 4.32. The molecule has 2 aliphatic rings. The van der Waals surface area contributed by atoms with Crippen LogP contribution < -0.4 is 10.6 Å². The van der Waals surface area contributed by atoms with E-state index in [1.54, 1.807) is 22.2 Å². The topological polar surface area (TPSA) is 76.0 Å². The fourth-order valence-electron chi connectivity index (χ4n) is 3.97. The predicted molar refractivity (Wildman–Crippen MR) is 113 cm³/mol. The number of benzene rings is 1. The molecule has 1 amide bonds. The highest BCUT2D eigenvalue weighted by Crippen LogP contribution is 2.42. The van der Waals surface area contributed by atoms with E-state index < -0.39 is 0 Å². The Bertz CT molecular complexity index is 1130. The monoisotopic (exact) mass is 404 g/mol. The van der Waals surface area contributed by atoms with Crippen LogP contribution in [0.4, 0.5) is 11.5 Å². The van der Waals surface area contributed by atoms with Crippen molar-refractivity contribution >= 4 is 34.5 Å². The second-order valence-electron chi connectivity index (χ2n) is 7.38. The molecule has 0 radical (unpaired) electrons. The van der Waals surface area contributed by atoms with Gasteiger partial charge in [0, 0.05) is 28.3 Å². The van der Waals surface area contributed by atoms with E-state index in [0.29, 0.717) is 17.8 Å². The minimum absolute atomic E-state index is 0.156. The number of aromatic nitrogens is 2. The molecule has 1 atom stereocenters. The summed E-state index contributed by atoms with van der Waals surface area (Å²) in [5, 5.41) is 12.8. The molecular weight excluding hydrogens is 384 g/mol. The summed E-state index contributed by atoms with van der Waals surface area (Å²) in [6.45, 7) is 2.01. The van der Waals surface area contributed by atoms with Crippen molar-refractivity contribution in [3.05, 3.63) is 75.2 Å². The zero-order valence-electron chi connectivity index (χ0n) is 15.9. The third-order valence-electron chi connectivity index (χ3n) is 5.41. The van der Waals surface area contributed by atoms with Crippen LogP contribution in [-0.4, -0.2) is 21.5 Å². The van der Waals surface area contributed by atoms with E-state index in [1.165, 1.54) is 0 Å². The van der Waals surface area contributed by atoms with Crippen molar-refractivity contribution in [2.24, 2.45) is 0 Å². The molecule has 0 bridgehead atoms. The molecule has 146 valence electrons. The SMILES string of the molecule is Cc1ccc(NC(=O)c2cnn3c2NC2=C(C(=O)CCC2)[C@@H]3c2cccs2)cc1. The fourth-order valence-corrected chi connectivity index (χ4v) is 4.79. The molecule has 0 fully saturated rings. The molecule has 0 unspecified atom stereocenters. The summed E-state index contributed by atoms with van der Waals surface area (Å²) < 4.78 is 1.78. The van der Waals surface area contributed by atoms with Gasteiger partial charge in [-0.15, -0.1) is 11.3 Å². The number of aryl methyl sites for hydroxylation is 1. The highest BCUT2D eigenvalue weighted by atomic mass is 32.1. The maximum atomic E-state index is 13.0. The second-order valence-corrected chi connectivity index (χ2v) is 8.36. The number of anilines is 2. The van der Waals surface area contributed by atoms with Crippen LogP contribution in [-0.2, 0) is 4.79 Å². The van der Waals surface area contributed by atoms with Crippen molar-refractivity contribution in [1.82, 2.24) is 9.78 Å². The van der Waals surface area contributed by atoms with E-state index in [1.807, 2.05) is 48.7 Å². The molecule has 2 aromatic heterocycles. The molecule has 0 saturated carbocycles. The van der Waals surface area contributed by atoms with Crippen molar-refractivity contribution < 1.29 is 9.59 Å². The van der Waals surface area contributed by atoms with Gasteiger partial charge in [-0.05, 0) is 43.3 Å². The van der Waals surface area contributed by atoms with Crippen LogP contribution in [0.2, 0.25) is 0 Å². The van der Waals surface area contributed by atoms with Crippen LogP contribution in [0.15, 0.2) is 59.2 Å². The van der Waals surface area contributed by atoms with Gasteiger partial charge in [0.2, 0.25) is 0 Å². The molecule has 6 nitrogen and oxygen atoms in total. The van der Waals surface area contributed by atoms with E-state index in [-0.39, 0.29) is 17.7 Å². The lowest BCUT2D eigenvalue weighted by atomic mass is 9.88. The van der Waals surface area contributed by atoms with Gasteiger partial charge in [0.1, 0.15) is 17.4 Å². The summed E-state index contributed by atoms with van der Waals surface area (Å²) >= 11 is 1.60. The lowest BCUT2D eigenvalue weighted by Gasteiger charge is -2.32. The summed E-state index contributed by atoms with van der Waals surface area (Å²) in [5.41, 5.74) is 4.03. The van der Waals surface area contributed by atoms with Crippen molar-refractivity contribution in [2.45, 2.75) is 32.2 Å². The molecular formula is C22H20N4O2S. The molecule has 1 aliphatic heterocycles. The highest BCUT2D eigenvalue weighted by molar-refractivity contribution is 7.10. The minimum Gasteiger partial charge on any atom is -0.343 e. The molecule has 0 spiro atoms. The summed E-state index contributed by atoms with van der Waals surface area (Å²) in [6.07, 6.45) is 3.75.